The van der Waals surface area contributed by atoms with Crippen molar-refractivity contribution in [2.45, 2.75) is 13.8 Å². The molecule has 0 aliphatic rings. The van der Waals surface area contributed by atoms with Crippen LogP contribution in [-0.4, -0.2) is 18.9 Å². The van der Waals surface area contributed by atoms with Crippen molar-refractivity contribution in [2.24, 2.45) is 0 Å². The van der Waals surface area contributed by atoms with E-state index < -0.39 is 0 Å². The van der Waals surface area contributed by atoms with Gasteiger partial charge in [-0.25, -0.2) is 4.79 Å². The van der Waals surface area contributed by atoms with Gasteiger partial charge in [0, 0.05) is 5.56 Å². The number of rotatable bonds is 3. The SMILES string of the molecule is CCOC(=O)c1ccc(C=O)cc1C. The lowest BCUT2D eigenvalue weighted by atomic mass is 10.1. The quantitative estimate of drug-likeness (QED) is 0.543. The molecule has 14 heavy (non-hydrogen) atoms. The highest BCUT2D eigenvalue weighted by atomic mass is 16.5. The molecule has 0 N–H and O–H groups in total. The first kappa shape index (κ1) is 10.4. The standard InChI is InChI=1S/C11H12O3/c1-3-14-11(13)10-5-4-9(7-12)6-8(10)2/h4-7H,3H2,1-2H3. The van der Waals surface area contributed by atoms with Gasteiger partial charge in [0.25, 0.3) is 0 Å². The van der Waals surface area contributed by atoms with E-state index in [1.54, 1.807) is 32.0 Å². The van der Waals surface area contributed by atoms with Crippen molar-refractivity contribution < 1.29 is 14.3 Å². The number of hydrogen-bond acceptors (Lipinski definition) is 3. The van der Waals surface area contributed by atoms with Crippen LogP contribution in [0.4, 0.5) is 0 Å². The van der Waals surface area contributed by atoms with Crippen LogP contribution in [0.25, 0.3) is 0 Å². The number of esters is 1. The molecule has 0 saturated carbocycles. The number of carbonyl (C=O) groups is 2. The van der Waals surface area contributed by atoms with Crippen molar-refractivity contribution in [3.8, 4) is 0 Å². The topological polar surface area (TPSA) is 43.4 Å². The Labute approximate surface area is 82.7 Å². The molecule has 0 atom stereocenters. The highest BCUT2D eigenvalue weighted by molar-refractivity contribution is 5.92. The number of benzene rings is 1. The van der Waals surface area contributed by atoms with Gasteiger partial charge in [0.1, 0.15) is 6.29 Å². The maximum absolute atomic E-state index is 11.4. The minimum absolute atomic E-state index is 0.345. The average molecular weight is 192 g/mol. The van der Waals surface area contributed by atoms with Gasteiger partial charge < -0.3 is 4.74 Å². The van der Waals surface area contributed by atoms with E-state index in [0.717, 1.165) is 11.8 Å². The third-order valence-corrected chi connectivity index (χ3v) is 1.88. The van der Waals surface area contributed by atoms with Gasteiger partial charge >= 0.3 is 5.97 Å². The molecule has 0 amide bonds. The third kappa shape index (κ3) is 2.19. The van der Waals surface area contributed by atoms with Gasteiger partial charge in [0.05, 0.1) is 12.2 Å². The minimum atomic E-state index is -0.345. The lowest BCUT2D eigenvalue weighted by molar-refractivity contribution is 0.0525. The van der Waals surface area contributed by atoms with E-state index in [2.05, 4.69) is 0 Å². The molecule has 0 aromatic heterocycles. The highest BCUT2D eigenvalue weighted by Gasteiger charge is 2.09. The molecule has 0 spiro atoms. The predicted molar refractivity (Wildman–Crippen MR) is 52.5 cm³/mol. The summed E-state index contributed by atoms with van der Waals surface area (Å²) in [6.45, 7) is 3.89. The first-order valence-electron chi connectivity index (χ1n) is 4.42. The zero-order valence-electron chi connectivity index (χ0n) is 8.24. The Bertz CT molecular complexity index is 356. The van der Waals surface area contributed by atoms with Gasteiger partial charge in [0.15, 0.2) is 0 Å². The summed E-state index contributed by atoms with van der Waals surface area (Å²) in [6.07, 6.45) is 0.752. The molecular formula is C11H12O3. The van der Waals surface area contributed by atoms with Crippen molar-refractivity contribution in [2.75, 3.05) is 6.61 Å². The molecule has 0 unspecified atom stereocenters. The van der Waals surface area contributed by atoms with Crippen LogP contribution >= 0.6 is 0 Å². The van der Waals surface area contributed by atoms with E-state index in [0.29, 0.717) is 17.7 Å². The van der Waals surface area contributed by atoms with Gasteiger partial charge in [0.2, 0.25) is 0 Å². The molecule has 0 fully saturated rings. The van der Waals surface area contributed by atoms with Gasteiger partial charge in [-0.3, -0.25) is 4.79 Å². The molecule has 0 aliphatic heterocycles. The van der Waals surface area contributed by atoms with Crippen molar-refractivity contribution in [3.63, 3.8) is 0 Å². The molecule has 0 bridgehead atoms. The maximum Gasteiger partial charge on any atom is 0.338 e. The number of hydrogen-bond donors (Lipinski definition) is 0. The van der Waals surface area contributed by atoms with Crippen LogP contribution in [0, 0.1) is 6.92 Å². The fourth-order valence-electron chi connectivity index (χ4n) is 1.20. The van der Waals surface area contributed by atoms with Crippen LogP contribution in [0.2, 0.25) is 0 Å². The second kappa shape index (κ2) is 4.56. The first-order valence-corrected chi connectivity index (χ1v) is 4.42. The summed E-state index contributed by atoms with van der Waals surface area (Å²) in [4.78, 5) is 21.8. The number of carbonyl (C=O) groups excluding carboxylic acids is 2. The maximum atomic E-state index is 11.4. The summed E-state index contributed by atoms with van der Waals surface area (Å²) in [5, 5.41) is 0. The molecule has 0 aliphatic carbocycles. The number of aldehydes is 1. The molecule has 3 nitrogen and oxygen atoms in total. The summed E-state index contributed by atoms with van der Waals surface area (Å²) in [7, 11) is 0. The van der Waals surface area contributed by atoms with Crippen LogP contribution < -0.4 is 0 Å². The van der Waals surface area contributed by atoms with Crippen molar-refractivity contribution in [3.05, 3.63) is 34.9 Å². The Morgan fingerprint density at radius 1 is 1.50 bits per heavy atom. The fourth-order valence-corrected chi connectivity index (χ4v) is 1.20. The van der Waals surface area contributed by atoms with Gasteiger partial charge in [-0.1, -0.05) is 6.07 Å². The normalized spacial score (nSPS) is 9.57. The molecule has 74 valence electrons. The van der Waals surface area contributed by atoms with Gasteiger partial charge in [-0.15, -0.1) is 0 Å². The summed E-state index contributed by atoms with van der Waals surface area (Å²) in [6, 6.07) is 4.88. The molecule has 0 saturated heterocycles. The van der Waals surface area contributed by atoms with E-state index in [1.165, 1.54) is 0 Å². The molecule has 1 aromatic rings. The van der Waals surface area contributed by atoms with Crippen molar-refractivity contribution in [1.82, 2.24) is 0 Å². The molecule has 1 rings (SSSR count). The summed E-state index contributed by atoms with van der Waals surface area (Å²) >= 11 is 0. The van der Waals surface area contributed by atoms with Crippen LogP contribution in [-0.2, 0) is 4.74 Å². The van der Waals surface area contributed by atoms with Gasteiger partial charge in [-0.05, 0) is 31.5 Å². The summed E-state index contributed by atoms with van der Waals surface area (Å²) in [5.74, 6) is -0.345. The zero-order valence-corrected chi connectivity index (χ0v) is 8.24. The highest BCUT2D eigenvalue weighted by Crippen LogP contribution is 2.11. The smallest absolute Gasteiger partial charge is 0.338 e. The molecule has 0 heterocycles. The predicted octanol–water partition coefficient (Wildman–Crippen LogP) is 1.98. The second-order valence-electron chi connectivity index (χ2n) is 2.91. The van der Waals surface area contributed by atoms with Crippen LogP contribution in [0.3, 0.4) is 0 Å². The summed E-state index contributed by atoms with van der Waals surface area (Å²) in [5.41, 5.74) is 1.83. The van der Waals surface area contributed by atoms with Crippen molar-refractivity contribution >= 4 is 12.3 Å². The van der Waals surface area contributed by atoms with E-state index in [9.17, 15) is 9.59 Å². The summed E-state index contributed by atoms with van der Waals surface area (Å²) < 4.78 is 4.85. The van der Waals surface area contributed by atoms with Crippen LogP contribution in [0.1, 0.15) is 33.2 Å². The van der Waals surface area contributed by atoms with Gasteiger partial charge in [-0.2, -0.15) is 0 Å². The Hall–Kier alpha value is -1.64. The monoisotopic (exact) mass is 192 g/mol. The van der Waals surface area contributed by atoms with E-state index >= 15 is 0 Å². The van der Waals surface area contributed by atoms with Crippen LogP contribution in [0.15, 0.2) is 18.2 Å². The lowest BCUT2D eigenvalue weighted by Gasteiger charge is -2.05. The minimum Gasteiger partial charge on any atom is -0.462 e. The molecule has 3 heteroatoms. The Morgan fingerprint density at radius 3 is 2.71 bits per heavy atom. The first-order chi connectivity index (χ1) is 6.69. The molecule has 1 aromatic carbocycles. The van der Waals surface area contributed by atoms with E-state index in [4.69, 9.17) is 4.74 Å². The molecule has 0 radical (unpaired) electrons. The van der Waals surface area contributed by atoms with Crippen LogP contribution in [0.5, 0.6) is 0 Å². The van der Waals surface area contributed by atoms with Crippen molar-refractivity contribution in [1.29, 1.82) is 0 Å². The Kier molecular flexibility index (Phi) is 3.40. The number of ether oxygens (including phenoxy) is 1. The average Bonchev–Trinajstić information content (AvgIpc) is 2.17. The lowest BCUT2D eigenvalue weighted by Crippen LogP contribution is -2.06. The largest absolute Gasteiger partial charge is 0.462 e. The van der Waals surface area contributed by atoms with E-state index in [-0.39, 0.29) is 5.97 Å². The Balaban J connectivity index is 2.99. The second-order valence-corrected chi connectivity index (χ2v) is 2.91. The molecular weight excluding hydrogens is 180 g/mol. The van der Waals surface area contributed by atoms with E-state index in [1.807, 2.05) is 0 Å². The number of aryl methyl sites for hydroxylation is 1. The Morgan fingerprint density at radius 2 is 2.21 bits per heavy atom. The zero-order chi connectivity index (χ0) is 10.6. The fraction of sp³-hybridized carbons (Fsp3) is 0.273. The third-order valence-electron chi connectivity index (χ3n) is 1.88.